The fraction of sp³-hybridized carbons (Fsp3) is 0.467. The van der Waals surface area contributed by atoms with Crippen LogP contribution in [0.3, 0.4) is 0 Å². The van der Waals surface area contributed by atoms with Crippen LogP contribution in [0.4, 0.5) is 0 Å². The molecule has 0 aromatic heterocycles. The van der Waals surface area contributed by atoms with Gasteiger partial charge in [-0.05, 0) is 44.1 Å². The van der Waals surface area contributed by atoms with Crippen molar-refractivity contribution >= 4 is 0 Å². The summed E-state index contributed by atoms with van der Waals surface area (Å²) in [6, 6.07) is 10.5. The molecule has 1 aliphatic rings. The maximum atomic E-state index is 9.92. The third kappa shape index (κ3) is 2.96. The predicted octanol–water partition coefficient (Wildman–Crippen LogP) is 3.34. The molecule has 2 unspecified atom stereocenters. The molecular weight excluding hydrogens is 196 g/mol. The number of hydrogen-bond donors (Lipinski definition) is 1. The molecule has 0 heterocycles. The SMILES string of the molecule is CC1=CCC(O)C(CCc2ccccc2)C1. The van der Waals surface area contributed by atoms with Crippen molar-refractivity contribution < 1.29 is 5.11 Å². The lowest BCUT2D eigenvalue weighted by molar-refractivity contribution is 0.0985. The summed E-state index contributed by atoms with van der Waals surface area (Å²) in [6.07, 6.45) is 6.11. The summed E-state index contributed by atoms with van der Waals surface area (Å²) in [6.45, 7) is 2.17. The maximum Gasteiger partial charge on any atom is 0.0606 e. The topological polar surface area (TPSA) is 20.2 Å². The van der Waals surface area contributed by atoms with Gasteiger partial charge in [0.1, 0.15) is 0 Å². The minimum Gasteiger partial charge on any atom is -0.393 e. The van der Waals surface area contributed by atoms with E-state index in [9.17, 15) is 5.11 Å². The quantitative estimate of drug-likeness (QED) is 0.768. The number of allylic oxidation sites excluding steroid dienone is 1. The zero-order valence-electron chi connectivity index (χ0n) is 9.89. The smallest absolute Gasteiger partial charge is 0.0606 e. The normalized spacial score (nSPS) is 25.2. The molecule has 2 rings (SSSR count). The van der Waals surface area contributed by atoms with Crippen LogP contribution in [0, 0.1) is 5.92 Å². The van der Waals surface area contributed by atoms with Gasteiger partial charge >= 0.3 is 0 Å². The molecule has 1 heteroatoms. The lowest BCUT2D eigenvalue weighted by Crippen LogP contribution is -2.24. The van der Waals surface area contributed by atoms with Gasteiger partial charge in [-0.1, -0.05) is 42.0 Å². The molecule has 1 N–H and O–H groups in total. The first-order chi connectivity index (χ1) is 7.75. The molecule has 0 bridgehead atoms. The van der Waals surface area contributed by atoms with E-state index in [0.29, 0.717) is 5.92 Å². The fourth-order valence-electron chi connectivity index (χ4n) is 2.44. The Kier molecular flexibility index (Phi) is 3.79. The van der Waals surface area contributed by atoms with Gasteiger partial charge in [0.2, 0.25) is 0 Å². The Morgan fingerprint density at radius 1 is 1.25 bits per heavy atom. The number of rotatable bonds is 3. The summed E-state index contributed by atoms with van der Waals surface area (Å²) >= 11 is 0. The number of benzene rings is 1. The van der Waals surface area contributed by atoms with Crippen molar-refractivity contribution in [3.05, 3.63) is 47.5 Å². The third-order valence-electron chi connectivity index (χ3n) is 3.48. The third-order valence-corrected chi connectivity index (χ3v) is 3.48. The summed E-state index contributed by atoms with van der Waals surface area (Å²) < 4.78 is 0. The van der Waals surface area contributed by atoms with E-state index in [4.69, 9.17) is 0 Å². The van der Waals surface area contributed by atoms with Crippen molar-refractivity contribution in [3.8, 4) is 0 Å². The van der Waals surface area contributed by atoms with Crippen molar-refractivity contribution in [2.75, 3.05) is 0 Å². The number of aryl methyl sites for hydroxylation is 1. The van der Waals surface area contributed by atoms with Crippen LogP contribution in [0.2, 0.25) is 0 Å². The molecule has 0 aliphatic heterocycles. The van der Waals surface area contributed by atoms with Crippen LogP contribution in [0.5, 0.6) is 0 Å². The van der Waals surface area contributed by atoms with Gasteiger partial charge in [0.25, 0.3) is 0 Å². The van der Waals surface area contributed by atoms with Gasteiger partial charge in [-0.25, -0.2) is 0 Å². The lowest BCUT2D eigenvalue weighted by Gasteiger charge is -2.26. The van der Waals surface area contributed by atoms with E-state index < -0.39 is 0 Å². The number of aliphatic hydroxyl groups excluding tert-OH is 1. The van der Waals surface area contributed by atoms with Crippen LogP contribution in [0.25, 0.3) is 0 Å². The zero-order chi connectivity index (χ0) is 11.4. The van der Waals surface area contributed by atoms with Gasteiger partial charge in [-0.15, -0.1) is 0 Å². The molecule has 2 atom stereocenters. The van der Waals surface area contributed by atoms with Gasteiger partial charge in [0, 0.05) is 0 Å². The molecule has 0 amide bonds. The molecule has 0 fully saturated rings. The molecule has 0 saturated carbocycles. The molecule has 1 aromatic rings. The Balaban J connectivity index is 1.88. The molecule has 0 saturated heterocycles. The van der Waals surface area contributed by atoms with Crippen molar-refractivity contribution in [3.63, 3.8) is 0 Å². The monoisotopic (exact) mass is 216 g/mol. The van der Waals surface area contributed by atoms with E-state index >= 15 is 0 Å². The molecular formula is C15H20O. The largest absolute Gasteiger partial charge is 0.393 e. The molecule has 1 aromatic carbocycles. The van der Waals surface area contributed by atoms with Crippen molar-refractivity contribution in [2.24, 2.45) is 5.92 Å². The second-order valence-electron chi connectivity index (χ2n) is 4.84. The second-order valence-corrected chi connectivity index (χ2v) is 4.84. The van der Waals surface area contributed by atoms with Crippen LogP contribution < -0.4 is 0 Å². The Morgan fingerprint density at radius 3 is 2.75 bits per heavy atom. The minimum absolute atomic E-state index is 0.132. The van der Waals surface area contributed by atoms with Crippen LogP contribution in [0.15, 0.2) is 42.0 Å². The van der Waals surface area contributed by atoms with Crippen LogP contribution in [0.1, 0.15) is 31.7 Å². The van der Waals surface area contributed by atoms with Crippen LogP contribution in [-0.4, -0.2) is 11.2 Å². The highest BCUT2D eigenvalue weighted by Crippen LogP contribution is 2.27. The molecule has 86 valence electrons. The van der Waals surface area contributed by atoms with E-state index in [2.05, 4.69) is 37.3 Å². The summed E-state index contributed by atoms with van der Waals surface area (Å²) in [5, 5.41) is 9.92. The molecule has 0 spiro atoms. The highest BCUT2D eigenvalue weighted by molar-refractivity contribution is 5.15. The Labute approximate surface area is 97.8 Å². The Hall–Kier alpha value is -1.08. The highest BCUT2D eigenvalue weighted by Gasteiger charge is 2.21. The molecule has 1 aliphatic carbocycles. The van der Waals surface area contributed by atoms with E-state index in [0.717, 1.165) is 25.7 Å². The number of aliphatic hydroxyl groups is 1. The van der Waals surface area contributed by atoms with Crippen molar-refractivity contribution in [1.82, 2.24) is 0 Å². The van der Waals surface area contributed by atoms with Gasteiger partial charge < -0.3 is 5.11 Å². The van der Waals surface area contributed by atoms with Gasteiger partial charge in [0.05, 0.1) is 6.10 Å². The van der Waals surface area contributed by atoms with Crippen LogP contribution >= 0.6 is 0 Å². The average molecular weight is 216 g/mol. The maximum absolute atomic E-state index is 9.92. The van der Waals surface area contributed by atoms with Gasteiger partial charge in [-0.2, -0.15) is 0 Å². The minimum atomic E-state index is -0.132. The first-order valence-corrected chi connectivity index (χ1v) is 6.13. The number of hydrogen-bond acceptors (Lipinski definition) is 1. The lowest BCUT2D eigenvalue weighted by atomic mass is 9.83. The van der Waals surface area contributed by atoms with Crippen LogP contribution in [-0.2, 0) is 6.42 Å². The zero-order valence-corrected chi connectivity index (χ0v) is 9.89. The van der Waals surface area contributed by atoms with Gasteiger partial charge in [-0.3, -0.25) is 0 Å². The summed E-state index contributed by atoms with van der Waals surface area (Å²) in [4.78, 5) is 0. The summed E-state index contributed by atoms with van der Waals surface area (Å²) in [7, 11) is 0. The fourth-order valence-corrected chi connectivity index (χ4v) is 2.44. The second kappa shape index (κ2) is 5.31. The van der Waals surface area contributed by atoms with E-state index in [1.807, 2.05) is 6.07 Å². The van der Waals surface area contributed by atoms with E-state index in [-0.39, 0.29) is 6.10 Å². The standard InChI is InChI=1S/C15H20O/c1-12-7-10-15(16)14(11-12)9-8-13-5-3-2-4-6-13/h2-7,14-16H,8-11H2,1H3. The van der Waals surface area contributed by atoms with Crippen molar-refractivity contribution in [1.29, 1.82) is 0 Å². The first kappa shape index (κ1) is 11.4. The Bertz CT molecular complexity index is 353. The molecule has 1 nitrogen and oxygen atoms in total. The molecule has 0 radical (unpaired) electrons. The van der Waals surface area contributed by atoms with E-state index in [1.165, 1.54) is 11.1 Å². The first-order valence-electron chi connectivity index (χ1n) is 6.13. The highest BCUT2D eigenvalue weighted by atomic mass is 16.3. The summed E-state index contributed by atoms with van der Waals surface area (Å²) in [5.74, 6) is 0.449. The average Bonchev–Trinajstić information content (AvgIpc) is 2.32. The molecule has 16 heavy (non-hydrogen) atoms. The van der Waals surface area contributed by atoms with E-state index in [1.54, 1.807) is 0 Å². The van der Waals surface area contributed by atoms with Crippen molar-refractivity contribution in [2.45, 2.75) is 38.7 Å². The van der Waals surface area contributed by atoms with Gasteiger partial charge in [0.15, 0.2) is 0 Å². The summed E-state index contributed by atoms with van der Waals surface area (Å²) in [5.41, 5.74) is 2.81. The Morgan fingerprint density at radius 2 is 2.00 bits per heavy atom. The predicted molar refractivity (Wildman–Crippen MR) is 67.3 cm³/mol.